The molecule has 0 fully saturated rings. The number of nitrogens with one attached hydrogen (secondary N) is 2. The monoisotopic (exact) mass is 397 g/mol. The molecule has 0 saturated carbocycles. The molecule has 1 amide bonds. The summed E-state index contributed by atoms with van der Waals surface area (Å²) in [6.07, 6.45) is 5.94. The van der Waals surface area contributed by atoms with Crippen molar-refractivity contribution in [2.75, 3.05) is 7.11 Å². The van der Waals surface area contributed by atoms with Crippen molar-refractivity contribution in [2.24, 2.45) is 5.10 Å². The summed E-state index contributed by atoms with van der Waals surface area (Å²) < 4.78 is 5.06. The number of carbonyl (C=O) groups excluding carboxylic acids is 1. The largest absolute Gasteiger partial charge is 0.503 e. The maximum Gasteiger partial charge on any atom is 0.271 e. The average molecular weight is 398 g/mol. The molecule has 0 radical (unpaired) electrons. The van der Waals surface area contributed by atoms with Crippen LogP contribution in [0.4, 0.5) is 0 Å². The lowest BCUT2D eigenvalue weighted by molar-refractivity contribution is 0.0955. The minimum atomic E-state index is -0.291. The lowest BCUT2D eigenvalue weighted by Crippen LogP contribution is -2.17. The second-order valence-electron chi connectivity index (χ2n) is 6.80. The molecule has 0 spiro atoms. The fraction of sp³-hybridized carbons (Fsp3) is 0.238. The van der Waals surface area contributed by atoms with Gasteiger partial charge in [-0.05, 0) is 67.1 Å². The molecule has 144 valence electrons. The topological polar surface area (TPSA) is 86.7 Å². The van der Waals surface area contributed by atoms with E-state index in [1.165, 1.54) is 43.5 Å². The number of aryl methyl sites for hydroxylation is 2. The van der Waals surface area contributed by atoms with E-state index in [9.17, 15) is 9.90 Å². The number of carbonyl (C=O) groups is 1. The number of hydrazone groups is 1. The number of methoxy groups -OCH3 is 1. The van der Waals surface area contributed by atoms with E-state index in [2.05, 4.69) is 15.5 Å². The van der Waals surface area contributed by atoms with Gasteiger partial charge in [0.05, 0.1) is 18.3 Å². The zero-order valence-electron chi connectivity index (χ0n) is 15.4. The van der Waals surface area contributed by atoms with Gasteiger partial charge < -0.3 is 14.8 Å². The van der Waals surface area contributed by atoms with Gasteiger partial charge in [-0.15, -0.1) is 0 Å². The van der Waals surface area contributed by atoms with Crippen molar-refractivity contribution in [3.05, 3.63) is 57.7 Å². The van der Waals surface area contributed by atoms with E-state index in [0.717, 1.165) is 23.7 Å². The number of nitrogens with zero attached hydrogens (tertiary/aromatic N) is 1. The van der Waals surface area contributed by atoms with Crippen LogP contribution in [0, 0.1) is 0 Å². The highest BCUT2D eigenvalue weighted by Crippen LogP contribution is 2.34. The third-order valence-corrected chi connectivity index (χ3v) is 5.30. The minimum Gasteiger partial charge on any atom is -0.503 e. The normalized spacial score (nSPS) is 13.6. The SMILES string of the molecule is COc1cc(/C=N\NC(=O)c2ccc3[nH]c4c(c3c2)CCCC4)cc(Cl)c1O. The molecule has 4 rings (SSSR count). The summed E-state index contributed by atoms with van der Waals surface area (Å²) in [6.45, 7) is 0. The Hall–Kier alpha value is -2.99. The summed E-state index contributed by atoms with van der Waals surface area (Å²) in [5.41, 5.74) is 7.36. The van der Waals surface area contributed by atoms with Gasteiger partial charge in [0.15, 0.2) is 11.5 Å². The standard InChI is InChI=1S/C21H20ClN3O3/c1-28-19-9-12(8-16(22)20(19)26)11-23-25-21(27)13-6-7-18-15(10-13)14-4-2-3-5-17(14)24-18/h6-11,24,26H,2-5H2,1H3,(H,25,27)/b23-11-. The quantitative estimate of drug-likeness (QED) is 0.456. The van der Waals surface area contributed by atoms with Gasteiger partial charge >= 0.3 is 0 Å². The highest BCUT2D eigenvalue weighted by atomic mass is 35.5. The lowest BCUT2D eigenvalue weighted by atomic mass is 9.95. The fourth-order valence-corrected chi connectivity index (χ4v) is 3.82. The number of rotatable bonds is 4. The van der Waals surface area contributed by atoms with E-state index < -0.39 is 0 Å². The summed E-state index contributed by atoms with van der Waals surface area (Å²) >= 11 is 5.96. The van der Waals surface area contributed by atoms with Crippen LogP contribution in [0.5, 0.6) is 11.5 Å². The summed E-state index contributed by atoms with van der Waals surface area (Å²) in [4.78, 5) is 15.9. The predicted octanol–water partition coefficient (Wildman–Crippen LogP) is 4.18. The van der Waals surface area contributed by atoms with E-state index in [0.29, 0.717) is 11.1 Å². The first-order valence-electron chi connectivity index (χ1n) is 9.10. The van der Waals surface area contributed by atoms with Crippen LogP contribution in [-0.4, -0.2) is 29.3 Å². The van der Waals surface area contributed by atoms with Gasteiger partial charge in [-0.1, -0.05) is 11.6 Å². The van der Waals surface area contributed by atoms with E-state index in [4.69, 9.17) is 16.3 Å². The van der Waals surface area contributed by atoms with Crippen molar-refractivity contribution < 1.29 is 14.6 Å². The van der Waals surface area contributed by atoms with E-state index >= 15 is 0 Å². The molecular weight excluding hydrogens is 378 g/mol. The van der Waals surface area contributed by atoms with Crippen molar-refractivity contribution in [1.82, 2.24) is 10.4 Å². The average Bonchev–Trinajstić information content (AvgIpc) is 3.08. The molecular formula is C21H20ClN3O3. The minimum absolute atomic E-state index is 0.131. The van der Waals surface area contributed by atoms with Crippen molar-refractivity contribution in [3.8, 4) is 11.5 Å². The zero-order chi connectivity index (χ0) is 19.7. The molecule has 0 unspecified atom stereocenters. The number of aromatic amines is 1. The first-order valence-corrected chi connectivity index (χ1v) is 9.48. The van der Waals surface area contributed by atoms with Gasteiger partial charge in [0.25, 0.3) is 5.91 Å². The van der Waals surface area contributed by atoms with Crippen molar-refractivity contribution in [3.63, 3.8) is 0 Å². The molecule has 3 aromatic rings. The number of amides is 1. The van der Waals surface area contributed by atoms with E-state index in [1.54, 1.807) is 12.1 Å². The number of benzene rings is 2. The second-order valence-corrected chi connectivity index (χ2v) is 7.21. The Labute approximate surface area is 167 Å². The van der Waals surface area contributed by atoms with Gasteiger partial charge in [-0.2, -0.15) is 5.10 Å². The number of hydrogen-bond acceptors (Lipinski definition) is 4. The zero-order valence-corrected chi connectivity index (χ0v) is 16.1. The third kappa shape index (κ3) is 3.43. The molecule has 6 nitrogen and oxygen atoms in total. The van der Waals surface area contributed by atoms with Gasteiger partial charge in [0.1, 0.15) is 0 Å². The summed E-state index contributed by atoms with van der Waals surface area (Å²) in [5, 5.41) is 15.0. The van der Waals surface area contributed by atoms with Crippen molar-refractivity contribution in [2.45, 2.75) is 25.7 Å². The molecule has 7 heteroatoms. The highest BCUT2D eigenvalue weighted by Gasteiger charge is 2.16. The van der Waals surface area contributed by atoms with Gasteiger partial charge in [-0.3, -0.25) is 4.79 Å². The van der Waals surface area contributed by atoms with Crippen LogP contribution in [0.3, 0.4) is 0 Å². The smallest absolute Gasteiger partial charge is 0.271 e. The third-order valence-electron chi connectivity index (χ3n) is 5.01. The van der Waals surface area contributed by atoms with Gasteiger partial charge in [-0.25, -0.2) is 5.43 Å². The van der Waals surface area contributed by atoms with Crippen LogP contribution < -0.4 is 10.2 Å². The summed E-state index contributed by atoms with van der Waals surface area (Å²) in [6, 6.07) is 8.76. The fourth-order valence-electron chi connectivity index (χ4n) is 3.60. The molecule has 0 atom stereocenters. The Kier molecular flexibility index (Phi) is 4.96. The maximum absolute atomic E-state index is 12.5. The first kappa shape index (κ1) is 18.4. The number of ether oxygens (including phenoxy) is 1. The number of H-pyrrole nitrogens is 1. The van der Waals surface area contributed by atoms with Crippen molar-refractivity contribution >= 4 is 34.6 Å². The number of aromatic nitrogens is 1. The molecule has 1 heterocycles. The number of phenols is 1. The Bertz CT molecular complexity index is 1090. The van der Waals surface area contributed by atoms with Crippen LogP contribution in [-0.2, 0) is 12.8 Å². The Morgan fingerprint density at radius 2 is 2.11 bits per heavy atom. The molecule has 0 saturated heterocycles. The maximum atomic E-state index is 12.5. The molecule has 1 aromatic heterocycles. The lowest BCUT2D eigenvalue weighted by Gasteiger charge is -2.10. The number of aromatic hydroxyl groups is 1. The highest BCUT2D eigenvalue weighted by molar-refractivity contribution is 6.32. The Balaban J connectivity index is 1.52. The Morgan fingerprint density at radius 1 is 1.29 bits per heavy atom. The van der Waals surface area contributed by atoms with Gasteiger partial charge in [0, 0.05) is 22.2 Å². The molecule has 0 aliphatic heterocycles. The number of hydrogen-bond donors (Lipinski definition) is 3. The van der Waals surface area contributed by atoms with Crippen LogP contribution in [0.2, 0.25) is 5.02 Å². The Morgan fingerprint density at radius 3 is 2.93 bits per heavy atom. The second kappa shape index (κ2) is 7.56. The predicted molar refractivity (Wildman–Crippen MR) is 110 cm³/mol. The van der Waals surface area contributed by atoms with Crippen LogP contribution in [0.25, 0.3) is 10.9 Å². The summed E-state index contributed by atoms with van der Waals surface area (Å²) in [5.74, 6) is -0.183. The first-order chi connectivity index (χ1) is 13.6. The van der Waals surface area contributed by atoms with Crippen LogP contribution in [0.1, 0.15) is 40.0 Å². The number of halogens is 1. The molecule has 3 N–H and O–H groups in total. The number of phenolic OH excluding ortho intramolecular Hbond substituents is 1. The van der Waals surface area contributed by atoms with E-state index in [1.807, 2.05) is 12.1 Å². The van der Waals surface area contributed by atoms with Crippen LogP contribution >= 0.6 is 11.6 Å². The van der Waals surface area contributed by atoms with Crippen molar-refractivity contribution in [1.29, 1.82) is 0 Å². The molecule has 1 aliphatic carbocycles. The van der Waals surface area contributed by atoms with Gasteiger partial charge in [0.2, 0.25) is 0 Å². The number of fused-ring (bicyclic) bond motifs is 3. The summed E-state index contributed by atoms with van der Waals surface area (Å²) in [7, 11) is 1.43. The van der Waals surface area contributed by atoms with Crippen LogP contribution in [0.15, 0.2) is 35.4 Å². The molecule has 2 aromatic carbocycles. The molecule has 0 bridgehead atoms. The van der Waals surface area contributed by atoms with E-state index in [-0.39, 0.29) is 22.4 Å². The molecule has 28 heavy (non-hydrogen) atoms. The molecule has 1 aliphatic rings.